The van der Waals surface area contributed by atoms with Gasteiger partial charge in [0.05, 0.1) is 28.3 Å². The van der Waals surface area contributed by atoms with E-state index in [-0.39, 0.29) is 27.6 Å². The van der Waals surface area contributed by atoms with Gasteiger partial charge in [-0.15, -0.1) is 10.2 Å². The Balaban J connectivity index is 1.56. The van der Waals surface area contributed by atoms with Gasteiger partial charge >= 0.3 is 6.03 Å². The number of phenolic OH excluding ortho intramolecular Hbond substituents is 1. The number of aromatic hydroxyl groups is 1. The maximum absolute atomic E-state index is 13.2. The van der Waals surface area contributed by atoms with Crippen LogP contribution in [0.3, 0.4) is 0 Å². The summed E-state index contributed by atoms with van der Waals surface area (Å²) in [4.78, 5) is 32.2. The number of azo groups is 1. The lowest BCUT2D eigenvalue weighted by Gasteiger charge is -2.12. The van der Waals surface area contributed by atoms with E-state index in [0.29, 0.717) is 32.7 Å². The molecule has 1 aliphatic rings. The van der Waals surface area contributed by atoms with E-state index in [1.807, 2.05) is 0 Å². The summed E-state index contributed by atoms with van der Waals surface area (Å²) in [6, 6.07) is 15.4. The maximum atomic E-state index is 13.2. The molecule has 40 heavy (non-hydrogen) atoms. The van der Waals surface area contributed by atoms with Gasteiger partial charge in [0.2, 0.25) is 10.0 Å². The average molecular weight is 559 g/mol. The van der Waals surface area contributed by atoms with Crippen LogP contribution in [0.2, 0.25) is 0 Å². The molecule has 0 atom stereocenters. The van der Waals surface area contributed by atoms with Crippen LogP contribution in [-0.2, 0) is 10.0 Å². The van der Waals surface area contributed by atoms with Gasteiger partial charge in [-0.05, 0) is 55.3 Å². The van der Waals surface area contributed by atoms with Crippen molar-refractivity contribution >= 4 is 49.8 Å². The van der Waals surface area contributed by atoms with Crippen LogP contribution in [0, 0.1) is 6.92 Å². The molecule has 5 rings (SSSR count). The van der Waals surface area contributed by atoms with E-state index in [4.69, 9.17) is 4.74 Å². The number of methoxy groups -OCH3 is 1. The molecule has 202 valence electrons. The predicted octanol–water partition coefficient (Wildman–Crippen LogP) is 3.81. The Hall–Kier alpha value is -5.01. The van der Waals surface area contributed by atoms with E-state index < -0.39 is 27.7 Å². The van der Waals surface area contributed by atoms with Crippen LogP contribution < -0.4 is 25.5 Å². The lowest BCUT2D eigenvalue weighted by Crippen LogP contribution is -2.23. The first-order chi connectivity index (χ1) is 19.1. The fraction of sp³-hybridized carbons (Fsp3) is 0.111. The number of nitrogens with zero attached hydrogens (tertiary/aromatic N) is 4. The third-order valence-corrected chi connectivity index (χ3v) is 7.75. The average Bonchev–Trinajstić information content (AvgIpc) is 3.31. The van der Waals surface area contributed by atoms with Gasteiger partial charge in [-0.2, -0.15) is 9.98 Å². The molecule has 0 bridgehead atoms. The van der Waals surface area contributed by atoms with Crippen LogP contribution in [0.15, 0.2) is 85.8 Å². The summed E-state index contributed by atoms with van der Waals surface area (Å²) in [6.45, 7) is 1.61. The molecule has 12 nitrogen and oxygen atoms in total. The molecule has 3 amide bonds. The van der Waals surface area contributed by atoms with Crippen LogP contribution in [0.1, 0.15) is 15.9 Å². The van der Waals surface area contributed by atoms with Crippen LogP contribution in [-0.4, -0.2) is 39.6 Å². The number of phenols is 1. The summed E-state index contributed by atoms with van der Waals surface area (Å²) < 4.78 is 32.3. The fourth-order valence-corrected chi connectivity index (χ4v) is 5.17. The molecule has 4 aromatic rings. The molecule has 0 spiro atoms. The molecule has 0 unspecified atom stereocenters. The van der Waals surface area contributed by atoms with Gasteiger partial charge in [-0.1, -0.05) is 24.3 Å². The molecule has 4 aromatic carbocycles. The molecule has 0 aliphatic carbocycles. The van der Waals surface area contributed by atoms with Gasteiger partial charge < -0.3 is 15.2 Å². The third kappa shape index (κ3) is 4.90. The zero-order valence-electron chi connectivity index (χ0n) is 21.5. The summed E-state index contributed by atoms with van der Waals surface area (Å²) >= 11 is 0. The van der Waals surface area contributed by atoms with Crippen molar-refractivity contribution in [1.29, 1.82) is 0 Å². The molecule has 0 saturated heterocycles. The van der Waals surface area contributed by atoms with E-state index in [2.05, 4.69) is 30.3 Å². The SMILES string of the molecule is CNS(=O)(=O)c1cc(OC)c(N=Nc2c(O)c(C(=O)Nc3ccc4c(c3)=NC(=O)N=4)cc3ccccc23)cc1C. The first-order valence-electron chi connectivity index (χ1n) is 11.8. The number of fused-ring (bicyclic) bond motifs is 2. The second-order valence-electron chi connectivity index (χ2n) is 8.70. The zero-order chi connectivity index (χ0) is 28.6. The summed E-state index contributed by atoms with van der Waals surface area (Å²) in [5.74, 6) is -0.898. The molecular weight excluding hydrogens is 536 g/mol. The Labute approximate surface area is 227 Å². The smallest absolute Gasteiger partial charge is 0.368 e. The summed E-state index contributed by atoms with van der Waals surface area (Å²) in [5.41, 5.74) is 0.940. The second kappa shape index (κ2) is 10.3. The van der Waals surface area contributed by atoms with Crippen molar-refractivity contribution < 1.29 is 27.9 Å². The number of carbonyl (C=O) groups is 2. The van der Waals surface area contributed by atoms with E-state index in [1.165, 1.54) is 38.4 Å². The highest BCUT2D eigenvalue weighted by Crippen LogP contribution is 2.41. The van der Waals surface area contributed by atoms with Gasteiger partial charge in [0.25, 0.3) is 5.91 Å². The number of aryl methyl sites for hydroxylation is 1. The van der Waals surface area contributed by atoms with Gasteiger partial charge in [-0.3, -0.25) is 4.79 Å². The van der Waals surface area contributed by atoms with Gasteiger partial charge in [0, 0.05) is 17.1 Å². The minimum atomic E-state index is -3.74. The molecule has 3 N–H and O–H groups in total. The number of nitrogens with one attached hydrogen (secondary N) is 2. The number of carbonyl (C=O) groups excluding carboxylic acids is 2. The maximum Gasteiger partial charge on any atom is 0.368 e. The van der Waals surface area contributed by atoms with Crippen LogP contribution in [0.5, 0.6) is 11.5 Å². The topological polar surface area (TPSA) is 171 Å². The van der Waals surface area contributed by atoms with Crippen molar-refractivity contribution in [1.82, 2.24) is 4.72 Å². The molecule has 0 saturated carbocycles. The minimum Gasteiger partial charge on any atom is -0.505 e. The molecule has 1 aliphatic heterocycles. The minimum absolute atomic E-state index is 0.0233. The van der Waals surface area contributed by atoms with Crippen molar-refractivity contribution in [3.05, 3.63) is 82.5 Å². The summed E-state index contributed by atoms with van der Waals surface area (Å²) in [7, 11) is -1.07. The van der Waals surface area contributed by atoms with E-state index in [1.54, 1.807) is 43.3 Å². The first kappa shape index (κ1) is 26.6. The highest BCUT2D eigenvalue weighted by Gasteiger charge is 2.21. The van der Waals surface area contributed by atoms with Crippen LogP contribution in [0.4, 0.5) is 21.9 Å². The largest absolute Gasteiger partial charge is 0.505 e. The zero-order valence-corrected chi connectivity index (χ0v) is 22.3. The number of hydrogen-bond acceptors (Lipinski definition) is 8. The highest BCUT2D eigenvalue weighted by molar-refractivity contribution is 7.89. The Morgan fingerprint density at radius 3 is 2.50 bits per heavy atom. The highest BCUT2D eigenvalue weighted by atomic mass is 32.2. The van der Waals surface area contributed by atoms with Crippen molar-refractivity contribution in [2.75, 3.05) is 19.5 Å². The second-order valence-corrected chi connectivity index (χ2v) is 10.6. The number of benzene rings is 4. The normalized spacial score (nSPS) is 12.7. The number of sulfonamides is 1. The lowest BCUT2D eigenvalue weighted by molar-refractivity contribution is 0.102. The summed E-state index contributed by atoms with van der Waals surface area (Å²) in [6.07, 6.45) is 0. The van der Waals surface area contributed by atoms with Crippen molar-refractivity contribution in [2.45, 2.75) is 11.8 Å². The van der Waals surface area contributed by atoms with Gasteiger partial charge in [0.15, 0.2) is 5.75 Å². The predicted molar refractivity (Wildman–Crippen MR) is 146 cm³/mol. The quantitative estimate of drug-likeness (QED) is 0.291. The molecule has 1 heterocycles. The van der Waals surface area contributed by atoms with E-state index in [9.17, 15) is 23.1 Å². The molecule has 0 aromatic heterocycles. The summed E-state index contributed by atoms with van der Waals surface area (Å²) in [5, 5.41) is 24.2. The molecule has 13 heteroatoms. The Kier molecular flexibility index (Phi) is 6.83. The number of ether oxygens (including phenoxy) is 1. The Morgan fingerprint density at radius 1 is 1.00 bits per heavy atom. The van der Waals surface area contributed by atoms with Gasteiger partial charge in [0.1, 0.15) is 17.1 Å². The monoisotopic (exact) mass is 558 g/mol. The Bertz CT molecular complexity index is 1990. The standard InChI is InChI=1S/C27H22N6O6S/c1-14-10-21(22(39-3)13-23(14)40(37,38)28-2)32-33-24-17-7-5-4-6-15(17)11-18(25(24)34)26(35)29-16-8-9-19-20(12-16)31-27(36)30-19/h4-13,28,34H,1-3H3,(H,29,35). The number of amides is 3. The van der Waals surface area contributed by atoms with Crippen LogP contribution in [0.25, 0.3) is 10.8 Å². The Morgan fingerprint density at radius 2 is 1.75 bits per heavy atom. The fourth-order valence-electron chi connectivity index (χ4n) is 4.21. The number of hydrogen-bond donors (Lipinski definition) is 3. The number of urea groups is 1. The molecule has 0 fully saturated rings. The molecular formula is C27H22N6O6S. The number of anilines is 1. The van der Waals surface area contributed by atoms with E-state index in [0.717, 1.165) is 0 Å². The number of rotatable bonds is 7. The van der Waals surface area contributed by atoms with Crippen molar-refractivity contribution in [3.8, 4) is 11.5 Å². The van der Waals surface area contributed by atoms with Crippen molar-refractivity contribution in [2.24, 2.45) is 20.2 Å². The lowest BCUT2D eigenvalue weighted by atomic mass is 10.0. The molecule has 0 radical (unpaired) electrons. The van der Waals surface area contributed by atoms with E-state index >= 15 is 0 Å². The van der Waals surface area contributed by atoms with Gasteiger partial charge in [-0.25, -0.2) is 17.9 Å². The first-order valence-corrected chi connectivity index (χ1v) is 13.3. The van der Waals surface area contributed by atoms with Crippen LogP contribution >= 0.6 is 0 Å². The third-order valence-electron chi connectivity index (χ3n) is 6.20. The van der Waals surface area contributed by atoms with Crippen molar-refractivity contribution in [3.63, 3.8) is 0 Å².